The first-order chi connectivity index (χ1) is 24.9. The van der Waals surface area contributed by atoms with E-state index in [2.05, 4.69) is 25.4 Å². The summed E-state index contributed by atoms with van der Waals surface area (Å²) < 4.78 is 97.2. The van der Waals surface area contributed by atoms with E-state index < -0.39 is 54.8 Å². The smallest absolute Gasteiger partial charge is 0.387 e. The zero-order chi connectivity index (χ0) is 36.8. The van der Waals surface area contributed by atoms with Crippen LogP contribution in [0.5, 0.6) is 17.4 Å². The molecule has 2 aromatic carbocycles. The van der Waals surface area contributed by atoms with Crippen molar-refractivity contribution in [3.05, 3.63) is 77.0 Å². The van der Waals surface area contributed by atoms with Crippen LogP contribution in [0.2, 0.25) is 0 Å². The first-order valence-electron chi connectivity index (χ1n) is 16.4. The lowest BCUT2D eigenvalue weighted by Crippen LogP contribution is -2.57. The second-order valence-corrected chi connectivity index (χ2v) is 13.6. The van der Waals surface area contributed by atoms with Crippen LogP contribution >= 0.6 is 0 Å². The van der Waals surface area contributed by atoms with Crippen molar-refractivity contribution in [3.8, 4) is 23.4 Å². The highest BCUT2D eigenvalue weighted by atomic mass is 19.3. The number of hydrogen-bond acceptors (Lipinski definition) is 8. The second-order valence-electron chi connectivity index (χ2n) is 13.6. The number of anilines is 1. The topological polar surface area (TPSA) is 123 Å². The monoisotopic (exact) mass is 727 g/mol. The maximum atomic E-state index is 15.1. The molecule has 3 aliphatic rings. The zero-order valence-corrected chi connectivity index (χ0v) is 27.4. The molecule has 0 unspecified atom stereocenters. The average molecular weight is 728 g/mol. The summed E-state index contributed by atoms with van der Waals surface area (Å²) >= 11 is 0. The highest BCUT2D eigenvalue weighted by Gasteiger charge is 2.47. The van der Waals surface area contributed by atoms with E-state index in [1.165, 1.54) is 6.07 Å². The number of benzene rings is 2. The van der Waals surface area contributed by atoms with Gasteiger partial charge in [-0.15, -0.1) is 0 Å². The number of ether oxygens (including phenoxy) is 3. The Morgan fingerprint density at radius 2 is 1.75 bits per heavy atom. The van der Waals surface area contributed by atoms with Crippen molar-refractivity contribution in [2.24, 2.45) is 10.8 Å². The molecule has 0 atom stereocenters. The Morgan fingerprint density at radius 1 is 0.981 bits per heavy atom. The van der Waals surface area contributed by atoms with Gasteiger partial charge >= 0.3 is 19.2 Å². The fourth-order valence-corrected chi connectivity index (χ4v) is 7.02. The average Bonchev–Trinajstić information content (AvgIpc) is 3.75. The Labute approximate surface area is 292 Å². The summed E-state index contributed by atoms with van der Waals surface area (Å²) in [5, 5.41) is 19.0. The van der Waals surface area contributed by atoms with Crippen LogP contribution < -0.4 is 19.1 Å². The molecule has 1 spiro atoms. The Hall–Kier alpha value is -5.46. The van der Waals surface area contributed by atoms with Crippen molar-refractivity contribution < 1.29 is 50.5 Å². The van der Waals surface area contributed by atoms with Gasteiger partial charge in [0.1, 0.15) is 23.8 Å². The lowest BCUT2D eigenvalue weighted by atomic mass is 9.69. The number of aromatic carboxylic acids is 1. The summed E-state index contributed by atoms with van der Waals surface area (Å²) in [6.45, 7) is -5.24. The molecule has 3 heterocycles. The number of hydrogen-bond donors (Lipinski definition) is 1. The number of carboxylic acids is 1. The molecule has 272 valence electrons. The standard InChI is InChI=1S/C36H31F6N5O5/c37-24-15-25(38)30(50-16-22-1-3-23(51-32(39)40)14-28(22)52-33(41)42)45-29(24)20-5-7-36(8-6-20)17-46(18-36)34-44-26-4-2-21(31(48)49)13-27(26)47(34)19-35(9-10-35)11-12-43/h1-5,13-15,32-33H,6-11,16-19H2,(H,48,49). The molecular weight excluding hydrogens is 696 g/mol. The van der Waals surface area contributed by atoms with Gasteiger partial charge in [-0.05, 0) is 68.0 Å². The molecule has 4 aromatic rings. The molecule has 52 heavy (non-hydrogen) atoms. The number of nitriles is 1. The van der Waals surface area contributed by atoms with Crippen molar-refractivity contribution in [2.75, 3.05) is 18.0 Å². The van der Waals surface area contributed by atoms with Crippen molar-refractivity contribution in [3.63, 3.8) is 0 Å². The summed E-state index contributed by atoms with van der Waals surface area (Å²) in [6, 6.07) is 10.8. The molecule has 16 heteroatoms. The third-order valence-corrected chi connectivity index (χ3v) is 9.97. The molecular formula is C36H31F6N5O5. The van der Waals surface area contributed by atoms with Crippen LogP contribution in [0.4, 0.5) is 32.3 Å². The second kappa shape index (κ2) is 13.6. The van der Waals surface area contributed by atoms with Gasteiger partial charge in [-0.2, -0.15) is 22.8 Å². The van der Waals surface area contributed by atoms with E-state index >= 15 is 4.39 Å². The molecule has 1 N–H and O–H groups in total. The Kier molecular flexibility index (Phi) is 9.14. The van der Waals surface area contributed by atoms with Crippen LogP contribution in [-0.4, -0.2) is 51.9 Å². The minimum Gasteiger partial charge on any atom is -0.478 e. The Morgan fingerprint density at radius 3 is 2.40 bits per heavy atom. The molecule has 0 amide bonds. The number of aromatic nitrogens is 3. The van der Waals surface area contributed by atoms with E-state index in [4.69, 9.17) is 9.72 Å². The molecule has 2 aromatic heterocycles. The summed E-state index contributed by atoms with van der Waals surface area (Å²) in [6.07, 6.45) is 5.70. The number of pyridine rings is 1. The lowest BCUT2D eigenvalue weighted by molar-refractivity contribution is -0.0549. The van der Waals surface area contributed by atoms with E-state index in [0.717, 1.165) is 31.0 Å². The third kappa shape index (κ3) is 7.04. The lowest BCUT2D eigenvalue weighted by Gasteiger charge is -2.52. The van der Waals surface area contributed by atoms with Gasteiger partial charge in [0.2, 0.25) is 5.95 Å². The van der Waals surface area contributed by atoms with Crippen LogP contribution in [0.15, 0.2) is 48.5 Å². The molecule has 10 nitrogen and oxygen atoms in total. The Bertz CT molecular complexity index is 2110. The fourth-order valence-electron chi connectivity index (χ4n) is 7.02. The molecule has 1 saturated carbocycles. The largest absolute Gasteiger partial charge is 0.478 e. The highest BCUT2D eigenvalue weighted by Crippen LogP contribution is 2.52. The van der Waals surface area contributed by atoms with Gasteiger partial charge in [0, 0.05) is 54.6 Å². The van der Waals surface area contributed by atoms with Gasteiger partial charge in [0.05, 0.1) is 22.7 Å². The number of halogens is 6. The molecule has 1 saturated heterocycles. The van der Waals surface area contributed by atoms with E-state index in [0.29, 0.717) is 73.9 Å². The minimum absolute atomic E-state index is 0.0458. The fraction of sp³-hybridized carbons (Fsp3) is 0.389. The Balaban J connectivity index is 1.07. The summed E-state index contributed by atoms with van der Waals surface area (Å²) in [5.74, 6) is -3.92. The van der Waals surface area contributed by atoms with Crippen molar-refractivity contribution in [1.29, 1.82) is 5.26 Å². The maximum Gasteiger partial charge on any atom is 0.387 e. The predicted octanol–water partition coefficient (Wildman–Crippen LogP) is 7.96. The van der Waals surface area contributed by atoms with Crippen LogP contribution in [0.1, 0.15) is 60.1 Å². The van der Waals surface area contributed by atoms with Crippen molar-refractivity contribution in [1.82, 2.24) is 14.5 Å². The molecule has 0 bridgehead atoms. The normalized spacial score (nSPS) is 17.2. The van der Waals surface area contributed by atoms with Gasteiger partial charge in [-0.3, -0.25) is 0 Å². The molecule has 2 aliphatic carbocycles. The molecule has 1 aliphatic heterocycles. The minimum atomic E-state index is -3.30. The predicted molar refractivity (Wildman–Crippen MR) is 173 cm³/mol. The van der Waals surface area contributed by atoms with Crippen LogP contribution in [-0.2, 0) is 13.2 Å². The number of rotatable bonds is 13. The number of nitrogens with zero attached hydrogens (tertiary/aromatic N) is 5. The first kappa shape index (κ1) is 35.0. The number of imidazole rings is 1. The van der Waals surface area contributed by atoms with Gasteiger partial charge in [-0.25, -0.2) is 23.5 Å². The third-order valence-electron chi connectivity index (χ3n) is 9.97. The van der Waals surface area contributed by atoms with Crippen molar-refractivity contribution in [2.45, 2.75) is 64.9 Å². The van der Waals surface area contributed by atoms with E-state index in [1.807, 2.05) is 10.6 Å². The molecule has 0 radical (unpaired) electrons. The van der Waals surface area contributed by atoms with E-state index in [-0.39, 0.29) is 27.7 Å². The molecule has 7 rings (SSSR count). The van der Waals surface area contributed by atoms with Crippen LogP contribution in [0.3, 0.4) is 0 Å². The highest BCUT2D eigenvalue weighted by molar-refractivity contribution is 5.93. The number of carbonyl (C=O) groups is 1. The summed E-state index contributed by atoms with van der Waals surface area (Å²) in [4.78, 5) is 22.8. The zero-order valence-electron chi connectivity index (χ0n) is 27.4. The van der Waals surface area contributed by atoms with Crippen LogP contribution in [0, 0.1) is 33.8 Å². The van der Waals surface area contributed by atoms with E-state index in [1.54, 1.807) is 12.1 Å². The van der Waals surface area contributed by atoms with Gasteiger partial charge < -0.3 is 28.8 Å². The number of allylic oxidation sites excluding steroid dienone is 2. The SMILES string of the molecule is N#CCC1(Cn2c(N3CC4(CC=C(c5nc(OCc6ccc(OC(F)F)cc6OC(F)F)c(F)cc5F)CC4)C3)nc3ccc(C(=O)O)cc32)CC1. The number of fused-ring (bicyclic) bond motifs is 1. The molecule has 2 fully saturated rings. The summed E-state index contributed by atoms with van der Waals surface area (Å²) in [5.41, 5.74) is 1.55. The van der Waals surface area contributed by atoms with Gasteiger partial charge in [0.15, 0.2) is 11.6 Å². The van der Waals surface area contributed by atoms with Gasteiger partial charge in [-0.1, -0.05) is 6.08 Å². The summed E-state index contributed by atoms with van der Waals surface area (Å²) in [7, 11) is 0. The van der Waals surface area contributed by atoms with Gasteiger partial charge in [0.25, 0.3) is 5.88 Å². The number of alkyl halides is 4. The first-order valence-corrected chi connectivity index (χ1v) is 16.4. The van der Waals surface area contributed by atoms with E-state index in [9.17, 15) is 37.1 Å². The number of carboxylic acid groups (broad SMARTS) is 1. The quantitative estimate of drug-likeness (QED) is 0.137. The van der Waals surface area contributed by atoms with Crippen molar-refractivity contribution >= 4 is 28.5 Å². The maximum absolute atomic E-state index is 15.1. The van der Waals surface area contributed by atoms with Crippen LogP contribution in [0.25, 0.3) is 16.6 Å².